The molecule has 2 aromatic carbocycles. The van der Waals surface area contributed by atoms with Gasteiger partial charge in [0.05, 0.1) is 18.0 Å². The molecule has 132 valence electrons. The number of carbonyl (C=O) groups is 1. The summed E-state index contributed by atoms with van der Waals surface area (Å²) >= 11 is 0. The first-order valence-electron chi connectivity index (χ1n) is 8.24. The van der Waals surface area contributed by atoms with Crippen molar-refractivity contribution in [3.8, 4) is 0 Å². The smallest absolute Gasteiger partial charge is 0.232 e. The minimum Gasteiger partial charge on any atom is -0.309 e. The molecule has 0 saturated heterocycles. The van der Waals surface area contributed by atoms with E-state index in [0.717, 1.165) is 11.3 Å². The molecule has 0 spiro atoms. The molecule has 1 heterocycles. The number of sulfonamides is 1. The molecule has 5 nitrogen and oxygen atoms in total. The summed E-state index contributed by atoms with van der Waals surface area (Å²) in [4.78, 5) is 13.9. The highest BCUT2D eigenvalue weighted by atomic mass is 32.2. The van der Waals surface area contributed by atoms with Crippen LogP contribution < -0.4 is 9.21 Å². The van der Waals surface area contributed by atoms with Crippen LogP contribution in [0.4, 0.5) is 11.4 Å². The van der Waals surface area contributed by atoms with E-state index in [1.807, 2.05) is 49.4 Å². The van der Waals surface area contributed by atoms with E-state index in [0.29, 0.717) is 12.1 Å². The Kier molecular flexibility index (Phi) is 4.56. The lowest BCUT2D eigenvalue weighted by molar-refractivity contribution is -0.117. The van der Waals surface area contributed by atoms with E-state index < -0.39 is 10.0 Å². The molecule has 0 N–H and O–H groups in total. The normalized spacial score (nSPS) is 20.0. The van der Waals surface area contributed by atoms with Crippen LogP contribution >= 0.6 is 0 Å². The van der Waals surface area contributed by atoms with Gasteiger partial charge in [0.2, 0.25) is 15.9 Å². The highest BCUT2D eigenvalue weighted by Crippen LogP contribution is 2.42. The van der Waals surface area contributed by atoms with Crippen molar-refractivity contribution in [1.29, 1.82) is 0 Å². The van der Waals surface area contributed by atoms with Crippen LogP contribution in [0, 0.1) is 0 Å². The van der Waals surface area contributed by atoms with Crippen molar-refractivity contribution in [2.24, 2.45) is 0 Å². The standard InChI is InChI=1S/C19H22N2O3S/c1-14-13-19(17-11-7-8-12-18(17)20(14)15(2)22)21(25(3,23)24)16-9-5-4-6-10-16/h4-12,14,19H,13H2,1-3H3/t14-,19+/m1/s1. The zero-order valence-electron chi connectivity index (χ0n) is 14.6. The molecule has 0 aromatic heterocycles. The van der Waals surface area contributed by atoms with Crippen molar-refractivity contribution < 1.29 is 13.2 Å². The van der Waals surface area contributed by atoms with Gasteiger partial charge >= 0.3 is 0 Å². The molecule has 3 rings (SSSR count). The van der Waals surface area contributed by atoms with Crippen LogP contribution in [0.3, 0.4) is 0 Å². The predicted octanol–water partition coefficient (Wildman–Crippen LogP) is 3.34. The minimum atomic E-state index is -3.49. The third kappa shape index (κ3) is 3.26. The van der Waals surface area contributed by atoms with Gasteiger partial charge in [0, 0.05) is 18.7 Å². The van der Waals surface area contributed by atoms with Crippen molar-refractivity contribution in [2.75, 3.05) is 15.5 Å². The van der Waals surface area contributed by atoms with Gasteiger partial charge in [-0.15, -0.1) is 0 Å². The number of fused-ring (bicyclic) bond motifs is 1. The molecule has 0 unspecified atom stereocenters. The summed E-state index contributed by atoms with van der Waals surface area (Å²) in [6, 6.07) is 16.2. The van der Waals surface area contributed by atoms with Crippen molar-refractivity contribution in [1.82, 2.24) is 0 Å². The second kappa shape index (κ2) is 6.52. The summed E-state index contributed by atoms with van der Waals surface area (Å²) in [5.41, 5.74) is 2.27. The lowest BCUT2D eigenvalue weighted by atomic mass is 9.91. The molecule has 0 aliphatic carbocycles. The molecular formula is C19H22N2O3S. The van der Waals surface area contributed by atoms with Gasteiger partial charge < -0.3 is 4.90 Å². The molecule has 2 atom stereocenters. The number of hydrogen-bond acceptors (Lipinski definition) is 3. The summed E-state index contributed by atoms with van der Waals surface area (Å²) in [6.07, 6.45) is 1.77. The minimum absolute atomic E-state index is 0.0379. The molecule has 25 heavy (non-hydrogen) atoms. The first kappa shape index (κ1) is 17.5. The fourth-order valence-corrected chi connectivity index (χ4v) is 4.83. The van der Waals surface area contributed by atoms with E-state index in [-0.39, 0.29) is 18.0 Å². The second-order valence-corrected chi connectivity index (χ2v) is 8.30. The van der Waals surface area contributed by atoms with Gasteiger partial charge in [-0.25, -0.2) is 8.42 Å². The Morgan fingerprint density at radius 3 is 2.28 bits per heavy atom. The quantitative estimate of drug-likeness (QED) is 0.845. The van der Waals surface area contributed by atoms with Crippen LogP contribution in [0.5, 0.6) is 0 Å². The molecule has 1 aliphatic rings. The average molecular weight is 358 g/mol. The number of para-hydroxylation sites is 2. The zero-order valence-corrected chi connectivity index (χ0v) is 15.4. The number of carbonyl (C=O) groups excluding carboxylic acids is 1. The third-order valence-corrected chi connectivity index (χ3v) is 5.73. The average Bonchev–Trinajstić information content (AvgIpc) is 2.54. The van der Waals surface area contributed by atoms with Gasteiger partial charge in [-0.2, -0.15) is 0 Å². The van der Waals surface area contributed by atoms with Crippen LogP contribution in [-0.4, -0.2) is 26.6 Å². The largest absolute Gasteiger partial charge is 0.309 e. The number of benzene rings is 2. The number of hydrogen-bond donors (Lipinski definition) is 0. The maximum absolute atomic E-state index is 12.6. The van der Waals surface area contributed by atoms with E-state index in [9.17, 15) is 13.2 Å². The number of amides is 1. The van der Waals surface area contributed by atoms with Crippen molar-refractivity contribution >= 4 is 27.3 Å². The van der Waals surface area contributed by atoms with E-state index in [2.05, 4.69) is 0 Å². The van der Waals surface area contributed by atoms with Crippen LogP contribution in [0.25, 0.3) is 0 Å². The maximum atomic E-state index is 12.6. The van der Waals surface area contributed by atoms with E-state index in [4.69, 9.17) is 0 Å². The molecule has 0 bridgehead atoms. The fraction of sp³-hybridized carbons (Fsp3) is 0.316. The van der Waals surface area contributed by atoms with Crippen LogP contribution in [0.15, 0.2) is 54.6 Å². The Labute approximate surface area is 148 Å². The Hall–Kier alpha value is -2.34. The molecule has 0 saturated carbocycles. The van der Waals surface area contributed by atoms with Crippen molar-refractivity contribution in [3.63, 3.8) is 0 Å². The van der Waals surface area contributed by atoms with Crippen LogP contribution in [0.2, 0.25) is 0 Å². The SMILES string of the molecule is CC(=O)N1c2ccccc2[C@@H](N(c2ccccc2)S(C)(=O)=O)C[C@H]1C. The Balaban J connectivity index is 2.18. The van der Waals surface area contributed by atoms with Crippen LogP contribution in [0.1, 0.15) is 31.9 Å². The first-order chi connectivity index (χ1) is 11.8. The van der Waals surface area contributed by atoms with E-state index >= 15 is 0 Å². The highest BCUT2D eigenvalue weighted by molar-refractivity contribution is 7.92. The molecule has 1 aliphatic heterocycles. The van der Waals surface area contributed by atoms with Gasteiger partial charge in [-0.05, 0) is 37.1 Å². The topological polar surface area (TPSA) is 57.7 Å². The summed E-state index contributed by atoms with van der Waals surface area (Å²) in [5.74, 6) is -0.0379. The summed E-state index contributed by atoms with van der Waals surface area (Å²) in [7, 11) is -3.49. The van der Waals surface area contributed by atoms with Gasteiger partial charge in [0.1, 0.15) is 0 Å². The van der Waals surface area contributed by atoms with Gasteiger partial charge in [-0.3, -0.25) is 9.10 Å². The van der Waals surface area contributed by atoms with Gasteiger partial charge in [0.25, 0.3) is 0 Å². The summed E-state index contributed by atoms with van der Waals surface area (Å²) in [6.45, 7) is 3.49. The lowest BCUT2D eigenvalue weighted by Gasteiger charge is -2.43. The lowest BCUT2D eigenvalue weighted by Crippen LogP contribution is -2.46. The predicted molar refractivity (Wildman–Crippen MR) is 100 cm³/mol. The number of anilines is 2. The Morgan fingerprint density at radius 2 is 1.68 bits per heavy atom. The molecule has 0 radical (unpaired) electrons. The number of nitrogens with zero attached hydrogens (tertiary/aromatic N) is 2. The Bertz CT molecular complexity index is 881. The Morgan fingerprint density at radius 1 is 1.08 bits per heavy atom. The molecule has 1 amide bonds. The molecule has 2 aromatic rings. The third-order valence-electron chi connectivity index (χ3n) is 4.55. The first-order valence-corrected chi connectivity index (χ1v) is 10.1. The van der Waals surface area contributed by atoms with E-state index in [1.54, 1.807) is 24.0 Å². The summed E-state index contributed by atoms with van der Waals surface area (Å²) in [5, 5.41) is 0. The van der Waals surface area contributed by atoms with Gasteiger partial charge in [0.15, 0.2) is 0 Å². The zero-order chi connectivity index (χ0) is 18.2. The fourth-order valence-electron chi connectivity index (χ4n) is 3.66. The monoisotopic (exact) mass is 358 g/mol. The molecule has 0 fully saturated rings. The molecule has 6 heteroatoms. The number of rotatable bonds is 3. The van der Waals surface area contributed by atoms with Gasteiger partial charge in [-0.1, -0.05) is 36.4 Å². The second-order valence-electron chi connectivity index (χ2n) is 6.44. The summed E-state index contributed by atoms with van der Waals surface area (Å²) < 4.78 is 26.7. The maximum Gasteiger partial charge on any atom is 0.232 e. The highest BCUT2D eigenvalue weighted by Gasteiger charge is 2.38. The molecular weight excluding hydrogens is 336 g/mol. The van der Waals surface area contributed by atoms with E-state index in [1.165, 1.54) is 10.6 Å². The van der Waals surface area contributed by atoms with Crippen molar-refractivity contribution in [2.45, 2.75) is 32.4 Å². The van der Waals surface area contributed by atoms with Crippen LogP contribution in [-0.2, 0) is 14.8 Å². The van der Waals surface area contributed by atoms with Crippen molar-refractivity contribution in [3.05, 3.63) is 60.2 Å².